The zero-order valence-corrected chi connectivity index (χ0v) is 14.3. The van der Waals surface area contributed by atoms with Gasteiger partial charge < -0.3 is 9.64 Å². The van der Waals surface area contributed by atoms with Crippen LogP contribution in [0.5, 0.6) is 5.75 Å². The van der Waals surface area contributed by atoms with Crippen LogP contribution in [0.1, 0.15) is 12.7 Å². The van der Waals surface area contributed by atoms with Gasteiger partial charge in [-0.15, -0.1) is 10.2 Å². The minimum atomic E-state index is -3.77. The molecule has 0 unspecified atom stereocenters. The molecule has 0 saturated carbocycles. The van der Waals surface area contributed by atoms with E-state index in [2.05, 4.69) is 10.2 Å². The van der Waals surface area contributed by atoms with Crippen LogP contribution in [-0.2, 0) is 16.6 Å². The van der Waals surface area contributed by atoms with E-state index in [-0.39, 0.29) is 23.3 Å². The Balaban J connectivity index is 1.77. The molecule has 4 rings (SSSR count). The predicted octanol–water partition coefficient (Wildman–Crippen LogP) is 2.57. The number of nitrogens with zero attached hydrogens (tertiary/aromatic N) is 4. The molecule has 0 spiro atoms. The molecule has 1 aliphatic heterocycles. The normalized spacial score (nSPS) is 14.7. The Morgan fingerprint density at radius 2 is 1.72 bits per heavy atom. The highest BCUT2D eigenvalue weighted by atomic mass is 32.2. The van der Waals surface area contributed by atoms with Gasteiger partial charge in [0.15, 0.2) is 5.82 Å². The molecule has 0 fully saturated rings. The number of hydrogen-bond donors (Lipinski definition) is 0. The van der Waals surface area contributed by atoms with E-state index in [4.69, 9.17) is 4.74 Å². The van der Waals surface area contributed by atoms with Crippen molar-refractivity contribution in [3.63, 3.8) is 0 Å². The van der Waals surface area contributed by atoms with Crippen molar-refractivity contribution in [1.29, 1.82) is 0 Å². The maximum absolute atomic E-state index is 13.1. The van der Waals surface area contributed by atoms with Crippen molar-refractivity contribution in [3.05, 3.63) is 60.4 Å². The molecule has 0 bridgehead atoms. The number of anilines is 2. The van der Waals surface area contributed by atoms with Crippen molar-refractivity contribution in [3.8, 4) is 5.75 Å². The van der Waals surface area contributed by atoms with Gasteiger partial charge in [-0.1, -0.05) is 30.3 Å². The quantitative estimate of drug-likeness (QED) is 0.715. The summed E-state index contributed by atoms with van der Waals surface area (Å²) in [6.45, 7) is 2.52. The van der Waals surface area contributed by atoms with Crippen molar-refractivity contribution in [2.45, 2.75) is 18.4 Å². The predicted molar refractivity (Wildman–Crippen MR) is 92.5 cm³/mol. The summed E-state index contributed by atoms with van der Waals surface area (Å²) in [6, 6.07) is 16.1. The van der Waals surface area contributed by atoms with Crippen LogP contribution in [0.3, 0.4) is 0 Å². The molecule has 25 heavy (non-hydrogen) atoms. The van der Waals surface area contributed by atoms with E-state index < -0.39 is 10.0 Å². The van der Waals surface area contributed by atoms with Crippen LogP contribution in [0.25, 0.3) is 0 Å². The number of para-hydroxylation sites is 2. The van der Waals surface area contributed by atoms with Crippen molar-refractivity contribution in [2.24, 2.45) is 0 Å². The van der Waals surface area contributed by atoms with Crippen LogP contribution in [-0.4, -0.2) is 29.1 Å². The van der Waals surface area contributed by atoms with Crippen LogP contribution in [0.2, 0.25) is 0 Å². The lowest BCUT2D eigenvalue weighted by atomic mass is 10.3. The lowest BCUT2D eigenvalue weighted by Gasteiger charge is -2.29. The van der Waals surface area contributed by atoms with E-state index in [1.54, 1.807) is 30.3 Å². The van der Waals surface area contributed by atoms with Gasteiger partial charge in [0.05, 0.1) is 5.69 Å². The van der Waals surface area contributed by atoms with E-state index in [9.17, 15) is 8.42 Å². The molecule has 0 N–H and O–H groups in total. The topological polar surface area (TPSA) is 77.3 Å². The zero-order chi connectivity index (χ0) is 17.4. The average Bonchev–Trinajstić information content (AvgIpc) is 3.06. The molecule has 0 aliphatic carbocycles. The molecule has 1 aliphatic rings. The Bertz CT molecular complexity index is 1020. The highest BCUT2D eigenvalue weighted by Gasteiger charge is 2.36. The average molecular weight is 356 g/mol. The number of rotatable bonds is 4. The third-order valence-corrected chi connectivity index (χ3v) is 5.77. The molecule has 1 aromatic heterocycles. The summed E-state index contributed by atoms with van der Waals surface area (Å²) in [4.78, 5) is 2.07. The molecular formula is C17H16N4O3S. The maximum Gasteiger partial charge on any atom is 0.274 e. The second-order valence-electron chi connectivity index (χ2n) is 5.50. The van der Waals surface area contributed by atoms with E-state index >= 15 is 0 Å². The van der Waals surface area contributed by atoms with Gasteiger partial charge in [0.25, 0.3) is 10.0 Å². The number of fused-ring (bicyclic) bond motifs is 2. The standard InChI is InChI=1S/C17H16N4O3S/c1-2-20-14-10-6-7-11-15(14)25(22,23)21-16(18-19-17(20)21)12-24-13-8-4-3-5-9-13/h3-11H,2,12H2,1H3. The van der Waals surface area contributed by atoms with E-state index in [1.165, 1.54) is 3.97 Å². The van der Waals surface area contributed by atoms with Gasteiger partial charge in [-0.25, -0.2) is 8.42 Å². The van der Waals surface area contributed by atoms with Gasteiger partial charge in [0.1, 0.15) is 17.3 Å². The number of ether oxygens (including phenoxy) is 1. The SMILES string of the molecule is CCN1c2ccccc2S(=O)(=O)n2c(COc3ccccc3)nnc21. The van der Waals surface area contributed by atoms with Crippen molar-refractivity contribution < 1.29 is 13.2 Å². The first-order valence-electron chi connectivity index (χ1n) is 7.87. The first kappa shape index (κ1) is 15.6. The van der Waals surface area contributed by atoms with Crippen molar-refractivity contribution in [2.75, 3.05) is 11.4 Å². The summed E-state index contributed by atoms with van der Waals surface area (Å²) in [7, 11) is -3.77. The molecule has 0 saturated heterocycles. The van der Waals surface area contributed by atoms with E-state index in [0.29, 0.717) is 18.0 Å². The van der Waals surface area contributed by atoms with E-state index in [0.717, 1.165) is 0 Å². The van der Waals surface area contributed by atoms with Crippen LogP contribution >= 0.6 is 0 Å². The first-order valence-corrected chi connectivity index (χ1v) is 9.31. The number of hydrogen-bond acceptors (Lipinski definition) is 6. The Morgan fingerprint density at radius 3 is 2.48 bits per heavy atom. The Labute approximate surface area is 145 Å². The summed E-state index contributed by atoms with van der Waals surface area (Å²) in [5.74, 6) is 1.17. The molecule has 0 atom stereocenters. The molecule has 0 amide bonds. The van der Waals surface area contributed by atoms with Crippen LogP contribution in [0.4, 0.5) is 11.6 Å². The molecule has 3 aromatic rings. The molecule has 128 valence electrons. The van der Waals surface area contributed by atoms with Gasteiger partial charge in [-0.2, -0.15) is 3.97 Å². The van der Waals surface area contributed by atoms with Gasteiger partial charge in [0.2, 0.25) is 5.95 Å². The summed E-state index contributed by atoms with van der Waals surface area (Å²) < 4.78 is 32.9. The lowest BCUT2D eigenvalue weighted by Crippen LogP contribution is -2.31. The lowest BCUT2D eigenvalue weighted by molar-refractivity contribution is 0.294. The summed E-state index contributed by atoms with van der Waals surface area (Å²) in [5.41, 5.74) is 0.612. The molecular weight excluding hydrogens is 340 g/mol. The molecule has 8 heteroatoms. The summed E-state index contributed by atoms with van der Waals surface area (Å²) in [5, 5.41) is 8.15. The molecule has 2 heterocycles. The Hall–Kier alpha value is -2.87. The fourth-order valence-corrected chi connectivity index (χ4v) is 4.48. The van der Waals surface area contributed by atoms with E-state index in [1.807, 2.05) is 36.1 Å². The van der Waals surface area contributed by atoms with Gasteiger partial charge in [-0.05, 0) is 31.2 Å². The van der Waals surface area contributed by atoms with Crippen LogP contribution in [0, 0.1) is 0 Å². The minimum absolute atomic E-state index is 0.00989. The van der Waals surface area contributed by atoms with Crippen molar-refractivity contribution in [1.82, 2.24) is 14.2 Å². The summed E-state index contributed by atoms with van der Waals surface area (Å²) >= 11 is 0. The van der Waals surface area contributed by atoms with Crippen molar-refractivity contribution >= 4 is 21.7 Å². The van der Waals surface area contributed by atoms with Crippen LogP contribution < -0.4 is 9.64 Å². The number of benzene rings is 2. The molecule has 7 nitrogen and oxygen atoms in total. The first-order chi connectivity index (χ1) is 12.1. The second kappa shape index (κ2) is 5.89. The minimum Gasteiger partial charge on any atom is -0.486 e. The fraction of sp³-hybridized carbons (Fsp3) is 0.176. The third-order valence-electron chi connectivity index (χ3n) is 4.01. The van der Waals surface area contributed by atoms with Gasteiger partial charge >= 0.3 is 0 Å². The fourth-order valence-electron chi connectivity index (χ4n) is 2.88. The maximum atomic E-state index is 13.1. The van der Waals surface area contributed by atoms with Crippen LogP contribution in [0.15, 0.2) is 59.5 Å². The summed E-state index contributed by atoms with van der Waals surface area (Å²) in [6.07, 6.45) is 0. The smallest absolute Gasteiger partial charge is 0.274 e. The largest absolute Gasteiger partial charge is 0.486 e. The van der Waals surface area contributed by atoms with Gasteiger partial charge in [0, 0.05) is 6.54 Å². The van der Waals surface area contributed by atoms with Gasteiger partial charge in [-0.3, -0.25) is 0 Å². The highest BCUT2D eigenvalue weighted by Crippen LogP contribution is 2.38. The Kier molecular flexibility index (Phi) is 3.69. The molecule has 0 radical (unpaired) electrons. The number of aromatic nitrogens is 3. The zero-order valence-electron chi connectivity index (χ0n) is 13.5. The third kappa shape index (κ3) is 2.45. The second-order valence-corrected chi connectivity index (χ2v) is 7.25. The Morgan fingerprint density at radius 1 is 1.00 bits per heavy atom. The highest BCUT2D eigenvalue weighted by molar-refractivity contribution is 7.90. The molecule has 2 aromatic carbocycles. The monoisotopic (exact) mass is 356 g/mol.